The van der Waals surface area contributed by atoms with Gasteiger partial charge in [0.05, 0.1) is 26.3 Å². The van der Waals surface area contributed by atoms with Gasteiger partial charge in [0.25, 0.3) is 0 Å². The predicted octanol–water partition coefficient (Wildman–Crippen LogP) is 3.88. The molecule has 0 aliphatic carbocycles. The molecular formula is C22H27N3O4. The van der Waals surface area contributed by atoms with Crippen molar-refractivity contribution in [1.29, 1.82) is 0 Å². The van der Waals surface area contributed by atoms with Crippen molar-refractivity contribution in [2.45, 2.75) is 20.4 Å². The zero-order valence-electron chi connectivity index (χ0n) is 17.6. The molecule has 154 valence electrons. The van der Waals surface area contributed by atoms with Crippen LogP contribution in [-0.4, -0.2) is 49.5 Å². The molecule has 0 saturated carbocycles. The lowest BCUT2D eigenvalue weighted by Crippen LogP contribution is -2.24. The molecule has 7 nitrogen and oxygen atoms in total. The highest BCUT2D eigenvalue weighted by Crippen LogP contribution is 2.31. The van der Waals surface area contributed by atoms with Gasteiger partial charge in [-0.3, -0.25) is 4.90 Å². The first-order valence-electron chi connectivity index (χ1n) is 9.43. The van der Waals surface area contributed by atoms with E-state index in [9.17, 15) is 0 Å². The lowest BCUT2D eigenvalue weighted by molar-refractivity contribution is 0.212. The average molecular weight is 397 g/mol. The molecule has 1 aromatic heterocycles. The van der Waals surface area contributed by atoms with Crippen molar-refractivity contribution in [3.63, 3.8) is 0 Å². The van der Waals surface area contributed by atoms with Crippen molar-refractivity contribution >= 4 is 0 Å². The molecule has 0 radical (unpaired) electrons. The zero-order valence-corrected chi connectivity index (χ0v) is 17.6. The summed E-state index contributed by atoms with van der Waals surface area (Å²) in [7, 11) is 5.20. The van der Waals surface area contributed by atoms with Crippen molar-refractivity contribution in [1.82, 2.24) is 15.0 Å². The summed E-state index contributed by atoms with van der Waals surface area (Å²) in [6, 6.07) is 11.7. The van der Waals surface area contributed by atoms with Crippen LogP contribution in [0.5, 0.6) is 17.2 Å². The van der Waals surface area contributed by atoms with Crippen LogP contribution in [0.4, 0.5) is 0 Å². The van der Waals surface area contributed by atoms with Crippen LogP contribution in [0.1, 0.15) is 17.0 Å². The zero-order chi connectivity index (χ0) is 20.8. The molecule has 0 saturated heterocycles. The molecule has 0 aliphatic heterocycles. The van der Waals surface area contributed by atoms with E-state index in [1.165, 1.54) is 11.1 Å². The summed E-state index contributed by atoms with van der Waals surface area (Å²) in [4.78, 5) is 6.57. The smallest absolute Gasteiger partial charge is 0.241 e. The van der Waals surface area contributed by atoms with Gasteiger partial charge in [0, 0.05) is 12.6 Å². The third-order valence-corrected chi connectivity index (χ3v) is 4.46. The molecular weight excluding hydrogens is 370 g/mol. The largest absolute Gasteiger partial charge is 0.497 e. The summed E-state index contributed by atoms with van der Waals surface area (Å²) in [5, 5.41) is 4.09. The molecule has 0 N–H and O–H groups in total. The van der Waals surface area contributed by atoms with E-state index in [-0.39, 0.29) is 0 Å². The molecule has 29 heavy (non-hydrogen) atoms. The quantitative estimate of drug-likeness (QED) is 0.543. The number of rotatable bonds is 9. The summed E-state index contributed by atoms with van der Waals surface area (Å²) in [5.41, 5.74) is 3.14. The molecule has 0 bridgehead atoms. The summed E-state index contributed by atoms with van der Waals surface area (Å²) in [6.45, 7) is 5.97. The Hall–Kier alpha value is -3.06. The molecule has 0 amide bonds. The number of hydrogen-bond acceptors (Lipinski definition) is 7. The van der Waals surface area contributed by atoms with Crippen LogP contribution < -0.4 is 14.2 Å². The molecule has 0 aliphatic rings. The van der Waals surface area contributed by atoms with Gasteiger partial charge in [-0.1, -0.05) is 11.2 Å². The lowest BCUT2D eigenvalue weighted by Gasteiger charge is -2.15. The Morgan fingerprint density at radius 1 is 0.966 bits per heavy atom. The maximum absolute atomic E-state index is 5.87. The van der Waals surface area contributed by atoms with Crippen LogP contribution >= 0.6 is 0 Å². The fourth-order valence-electron chi connectivity index (χ4n) is 3.06. The first kappa shape index (κ1) is 20.7. The molecule has 3 rings (SSSR count). The number of benzene rings is 2. The minimum Gasteiger partial charge on any atom is -0.497 e. The van der Waals surface area contributed by atoms with Crippen LogP contribution in [0.25, 0.3) is 11.4 Å². The Morgan fingerprint density at radius 3 is 2.41 bits per heavy atom. The minimum absolute atomic E-state index is 0.486. The first-order valence-corrected chi connectivity index (χ1v) is 9.43. The fourth-order valence-corrected chi connectivity index (χ4v) is 3.06. The van der Waals surface area contributed by atoms with E-state index in [0.29, 0.717) is 36.4 Å². The van der Waals surface area contributed by atoms with Crippen molar-refractivity contribution in [2.75, 3.05) is 34.4 Å². The number of aryl methyl sites for hydroxylation is 2. The Morgan fingerprint density at radius 2 is 1.72 bits per heavy atom. The summed E-state index contributed by atoms with van der Waals surface area (Å²) < 4.78 is 21.9. The Balaban J connectivity index is 1.57. The number of nitrogens with zero attached hydrogens (tertiary/aromatic N) is 3. The molecule has 3 aromatic rings. The van der Waals surface area contributed by atoms with E-state index in [2.05, 4.69) is 35.0 Å². The van der Waals surface area contributed by atoms with E-state index >= 15 is 0 Å². The van der Waals surface area contributed by atoms with Gasteiger partial charge in [0.2, 0.25) is 11.7 Å². The fraction of sp³-hybridized carbons (Fsp3) is 0.364. The Bertz CT molecular complexity index is 935. The molecule has 1 heterocycles. The van der Waals surface area contributed by atoms with Crippen LogP contribution in [0.15, 0.2) is 40.9 Å². The van der Waals surface area contributed by atoms with Crippen molar-refractivity contribution in [3.8, 4) is 28.6 Å². The van der Waals surface area contributed by atoms with Gasteiger partial charge < -0.3 is 18.7 Å². The van der Waals surface area contributed by atoms with Gasteiger partial charge in [-0.15, -0.1) is 0 Å². The summed E-state index contributed by atoms with van der Waals surface area (Å²) >= 11 is 0. The Labute approximate surface area is 171 Å². The number of ether oxygens (including phenoxy) is 3. The highest BCUT2D eigenvalue weighted by molar-refractivity contribution is 5.65. The average Bonchev–Trinajstić information content (AvgIpc) is 3.14. The number of hydrogen-bond donors (Lipinski definition) is 0. The van der Waals surface area contributed by atoms with E-state index in [1.54, 1.807) is 20.3 Å². The first-order chi connectivity index (χ1) is 14.0. The third kappa shape index (κ3) is 5.48. The maximum Gasteiger partial charge on any atom is 0.241 e. The van der Waals surface area contributed by atoms with Gasteiger partial charge in [0.1, 0.15) is 23.9 Å². The molecule has 0 atom stereocenters. The van der Waals surface area contributed by atoms with Gasteiger partial charge in [0.15, 0.2) is 0 Å². The molecule has 7 heteroatoms. The number of methoxy groups -OCH3 is 2. The highest BCUT2D eigenvalue weighted by Gasteiger charge is 2.15. The van der Waals surface area contributed by atoms with Crippen LogP contribution in [0.3, 0.4) is 0 Å². The molecule has 0 fully saturated rings. The Kier molecular flexibility index (Phi) is 6.72. The van der Waals surface area contributed by atoms with Crippen LogP contribution in [0.2, 0.25) is 0 Å². The monoisotopic (exact) mass is 397 g/mol. The molecule has 0 unspecified atom stereocenters. The second kappa shape index (κ2) is 9.43. The minimum atomic E-state index is 0.486. The van der Waals surface area contributed by atoms with Gasteiger partial charge in [-0.2, -0.15) is 4.98 Å². The highest BCUT2D eigenvalue weighted by atomic mass is 16.5. The van der Waals surface area contributed by atoms with Crippen LogP contribution in [0, 0.1) is 13.8 Å². The third-order valence-electron chi connectivity index (χ3n) is 4.46. The molecule has 2 aromatic carbocycles. The second-order valence-corrected chi connectivity index (χ2v) is 6.99. The van der Waals surface area contributed by atoms with Gasteiger partial charge >= 0.3 is 0 Å². The lowest BCUT2D eigenvalue weighted by atomic mass is 10.1. The van der Waals surface area contributed by atoms with Gasteiger partial charge in [-0.05, 0) is 56.3 Å². The summed E-state index contributed by atoms with van der Waals surface area (Å²) in [5.74, 6) is 3.25. The SMILES string of the molecule is COc1ccc(-c2noc(CN(C)CCOc3cc(C)cc(C)c3)n2)c(OC)c1. The van der Waals surface area contributed by atoms with E-state index < -0.39 is 0 Å². The maximum atomic E-state index is 5.87. The number of likely N-dealkylation sites (N-methyl/N-ethyl adjacent to an activating group) is 1. The van der Waals surface area contributed by atoms with Gasteiger partial charge in [-0.25, -0.2) is 0 Å². The molecule has 0 spiro atoms. The van der Waals surface area contributed by atoms with Crippen LogP contribution in [-0.2, 0) is 6.54 Å². The topological polar surface area (TPSA) is 69.9 Å². The predicted molar refractivity (Wildman–Crippen MR) is 111 cm³/mol. The van der Waals surface area contributed by atoms with E-state index in [1.807, 2.05) is 31.3 Å². The van der Waals surface area contributed by atoms with Crippen molar-refractivity contribution in [3.05, 3.63) is 53.4 Å². The summed E-state index contributed by atoms with van der Waals surface area (Å²) in [6.07, 6.45) is 0. The normalized spacial score (nSPS) is 11.0. The van der Waals surface area contributed by atoms with E-state index in [4.69, 9.17) is 18.7 Å². The van der Waals surface area contributed by atoms with Crippen molar-refractivity contribution < 1.29 is 18.7 Å². The standard InChI is InChI=1S/C22H27N3O4/c1-15-10-16(2)12-18(11-15)28-9-8-25(3)14-21-23-22(24-29-21)19-7-6-17(26-4)13-20(19)27-5/h6-7,10-13H,8-9,14H2,1-5H3. The van der Waals surface area contributed by atoms with Crippen molar-refractivity contribution in [2.24, 2.45) is 0 Å². The van der Waals surface area contributed by atoms with E-state index in [0.717, 1.165) is 17.9 Å². The number of aromatic nitrogens is 2. The second-order valence-electron chi connectivity index (χ2n) is 6.99.